The Morgan fingerprint density at radius 2 is 2.00 bits per heavy atom. The molecule has 1 aromatic heterocycles. The predicted molar refractivity (Wildman–Crippen MR) is 105 cm³/mol. The lowest BCUT2D eigenvalue weighted by molar-refractivity contribution is 0.0950. The van der Waals surface area contributed by atoms with Crippen molar-refractivity contribution in [3.8, 4) is 28.5 Å². The van der Waals surface area contributed by atoms with Gasteiger partial charge in [0.15, 0.2) is 11.5 Å². The monoisotopic (exact) mass is 380 g/mol. The number of phenolic OH excluding ortho intramolecular Hbond substituents is 1. The lowest BCUT2D eigenvalue weighted by Gasteiger charge is -2.09. The summed E-state index contributed by atoms with van der Waals surface area (Å²) in [6.07, 6.45) is 1.48. The topological polar surface area (TPSA) is 109 Å². The van der Waals surface area contributed by atoms with E-state index in [0.717, 1.165) is 11.1 Å². The number of aromatic hydroxyl groups is 1. The van der Waals surface area contributed by atoms with Crippen LogP contribution in [0.3, 0.4) is 0 Å². The van der Waals surface area contributed by atoms with Crippen LogP contribution in [0.4, 0.5) is 0 Å². The van der Waals surface area contributed by atoms with Gasteiger partial charge in [0.2, 0.25) is 0 Å². The summed E-state index contributed by atoms with van der Waals surface area (Å²) in [6, 6.07) is 13.5. The molecule has 0 spiro atoms. The first kappa shape index (κ1) is 19.0. The van der Waals surface area contributed by atoms with Crippen LogP contribution in [0.5, 0.6) is 17.2 Å². The molecule has 0 saturated heterocycles. The lowest BCUT2D eigenvalue weighted by Crippen LogP contribution is -2.17. The largest absolute Gasteiger partial charge is 0.508 e. The van der Waals surface area contributed by atoms with Gasteiger partial charge < -0.3 is 14.6 Å². The second-order valence-electron chi connectivity index (χ2n) is 5.76. The normalized spacial score (nSPS) is 10.8. The summed E-state index contributed by atoms with van der Waals surface area (Å²) in [6.45, 7) is 2.43. The zero-order valence-electron chi connectivity index (χ0n) is 15.5. The number of carbonyl (C=O) groups is 1. The number of nitrogens with one attached hydrogen (secondary N) is 2. The number of rotatable bonds is 7. The molecule has 1 amide bonds. The van der Waals surface area contributed by atoms with E-state index in [4.69, 9.17) is 9.47 Å². The van der Waals surface area contributed by atoms with Crippen molar-refractivity contribution in [1.82, 2.24) is 15.6 Å². The molecule has 3 rings (SSSR count). The Kier molecular flexibility index (Phi) is 5.91. The molecule has 0 atom stereocenters. The Balaban J connectivity index is 1.69. The number of carbonyl (C=O) groups excluding carboxylic acids is 1. The van der Waals surface area contributed by atoms with E-state index < -0.39 is 5.91 Å². The van der Waals surface area contributed by atoms with Crippen LogP contribution in [0, 0.1) is 0 Å². The highest BCUT2D eigenvalue weighted by molar-refractivity contribution is 5.94. The summed E-state index contributed by atoms with van der Waals surface area (Å²) in [5, 5.41) is 20.0. The molecule has 8 heteroatoms. The second-order valence-corrected chi connectivity index (χ2v) is 5.76. The molecule has 0 radical (unpaired) electrons. The molecule has 0 unspecified atom stereocenters. The van der Waals surface area contributed by atoms with Gasteiger partial charge in [0, 0.05) is 5.56 Å². The Bertz CT molecular complexity index is 980. The third kappa shape index (κ3) is 4.47. The van der Waals surface area contributed by atoms with Crippen molar-refractivity contribution in [1.29, 1.82) is 0 Å². The summed E-state index contributed by atoms with van der Waals surface area (Å²) >= 11 is 0. The van der Waals surface area contributed by atoms with Gasteiger partial charge in [0.25, 0.3) is 5.91 Å². The van der Waals surface area contributed by atoms with Gasteiger partial charge in [0.05, 0.1) is 25.6 Å². The molecular formula is C20H20N4O4. The van der Waals surface area contributed by atoms with E-state index in [1.54, 1.807) is 37.4 Å². The van der Waals surface area contributed by atoms with Gasteiger partial charge in [-0.25, -0.2) is 5.43 Å². The molecule has 0 aliphatic heterocycles. The van der Waals surface area contributed by atoms with Gasteiger partial charge in [-0.15, -0.1) is 0 Å². The average Bonchev–Trinajstić information content (AvgIpc) is 3.20. The molecule has 2 aromatic carbocycles. The molecule has 3 aromatic rings. The minimum Gasteiger partial charge on any atom is -0.508 e. The van der Waals surface area contributed by atoms with E-state index in [1.807, 2.05) is 13.0 Å². The number of methoxy groups -OCH3 is 1. The number of H-pyrrole nitrogens is 1. The maximum Gasteiger partial charge on any atom is 0.289 e. The standard InChI is InChI=1S/C20H20N4O4/c1-3-28-18-9-6-14(10-19(18)27-2)16-11-17(23-22-16)20(26)24-21-12-13-4-7-15(25)8-5-13/h4-12,25H,3H2,1-2H3,(H,22,23)(H,24,26)/b21-12-. The Morgan fingerprint density at radius 3 is 2.71 bits per heavy atom. The first-order chi connectivity index (χ1) is 13.6. The number of nitrogens with zero attached hydrogens (tertiary/aromatic N) is 2. The fourth-order valence-corrected chi connectivity index (χ4v) is 2.47. The lowest BCUT2D eigenvalue weighted by atomic mass is 10.1. The highest BCUT2D eigenvalue weighted by atomic mass is 16.5. The molecule has 0 fully saturated rings. The minimum atomic E-state index is -0.424. The maximum atomic E-state index is 12.2. The van der Waals surface area contributed by atoms with Crippen molar-refractivity contribution >= 4 is 12.1 Å². The highest BCUT2D eigenvalue weighted by Gasteiger charge is 2.13. The first-order valence-corrected chi connectivity index (χ1v) is 8.59. The molecule has 0 bridgehead atoms. The highest BCUT2D eigenvalue weighted by Crippen LogP contribution is 2.32. The molecular weight excluding hydrogens is 360 g/mol. The van der Waals surface area contributed by atoms with Crippen molar-refractivity contribution in [2.75, 3.05) is 13.7 Å². The number of hydrogen-bond acceptors (Lipinski definition) is 6. The van der Waals surface area contributed by atoms with E-state index >= 15 is 0 Å². The number of hydrogen-bond donors (Lipinski definition) is 3. The van der Waals surface area contributed by atoms with Crippen LogP contribution >= 0.6 is 0 Å². The van der Waals surface area contributed by atoms with Gasteiger partial charge in [-0.3, -0.25) is 9.89 Å². The van der Waals surface area contributed by atoms with Crippen LogP contribution in [0.1, 0.15) is 23.0 Å². The van der Waals surface area contributed by atoms with Crippen LogP contribution < -0.4 is 14.9 Å². The van der Waals surface area contributed by atoms with Crippen LogP contribution in [0.15, 0.2) is 53.6 Å². The van der Waals surface area contributed by atoms with Crippen molar-refractivity contribution in [3.63, 3.8) is 0 Å². The van der Waals surface area contributed by atoms with E-state index in [0.29, 0.717) is 23.8 Å². The van der Waals surface area contributed by atoms with Crippen LogP contribution in [-0.2, 0) is 0 Å². The predicted octanol–water partition coefficient (Wildman–Crippen LogP) is 2.95. The summed E-state index contributed by atoms with van der Waals surface area (Å²) in [5.41, 5.74) is 4.81. The van der Waals surface area contributed by atoms with Crippen LogP contribution in [0.25, 0.3) is 11.3 Å². The minimum absolute atomic E-state index is 0.164. The van der Waals surface area contributed by atoms with E-state index in [1.165, 1.54) is 18.3 Å². The van der Waals surface area contributed by atoms with Crippen molar-refractivity contribution in [2.24, 2.45) is 5.10 Å². The van der Waals surface area contributed by atoms with Crippen LogP contribution in [-0.4, -0.2) is 41.1 Å². The van der Waals surface area contributed by atoms with E-state index in [-0.39, 0.29) is 11.4 Å². The number of ether oxygens (including phenoxy) is 2. The van der Waals surface area contributed by atoms with Crippen molar-refractivity contribution in [2.45, 2.75) is 6.92 Å². The molecule has 0 aliphatic rings. The smallest absolute Gasteiger partial charge is 0.289 e. The van der Waals surface area contributed by atoms with Crippen molar-refractivity contribution < 1.29 is 19.4 Å². The Labute approximate surface area is 161 Å². The quantitative estimate of drug-likeness (QED) is 0.431. The summed E-state index contributed by atoms with van der Waals surface area (Å²) in [4.78, 5) is 12.2. The van der Waals surface area contributed by atoms with E-state index in [2.05, 4.69) is 20.7 Å². The third-order valence-electron chi connectivity index (χ3n) is 3.85. The Morgan fingerprint density at radius 1 is 1.21 bits per heavy atom. The maximum absolute atomic E-state index is 12.2. The summed E-state index contributed by atoms with van der Waals surface area (Å²) < 4.78 is 10.8. The van der Waals surface area contributed by atoms with Gasteiger partial charge in [-0.05, 0) is 61.0 Å². The van der Waals surface area contributed by atoms with Crippen molar-refractivity contribution in [3.05, 3.63) is 59.8 Å². The van der Waals surface area contributed by atoms with Gasteiger partial charge in [-0.1, -0.05) is 0 Å². The molecule has 3 N–H and O–H groups in total. The van der Waals surface area contributed by atoms with Gasteiger partial charge >= 0.3 is 0 Å². The van der Waals surface area contributed by atoms with Gasteiger partial charge in [-0.2, -0.15) is 10.2 Å². The molecule has 144 valence electrons. The SMILES string of the molecule is CCOc1ccc(-c2cc(C(=O)N/N=C\c3ccc(O)cc3)[nH]n2)cc1OC. The molecule has 0 saturated carbocycles. The molecule has 8 nitrogen and oxygen atoms in total. The molecule has 0 aliphatic carbocycles. The molecule has 1 heterocycles. The molecule has 28 heavy (non-hydrogen) atoms. The zero-order chi connectivity index (χ0) is 19.9. The number of aromatic nitrogens is 2. The number of benzene rings is 2. The average molecular weight is 380 g/mol. The second kappa shape index (κ2) is 8.72. The van der Waals surface area contributed by atoms with Crippen LogP contribution in [0.2, 0.25) is 0 Å². The fourth-order valence-electron chi connectivity index (χ4n) is 2.47. The number of phenols is 1. The van der Waals surface area contributed by atoms with E-state index in [9.17, 15) is 9.90 Å². The summed E-state index contributed by atoms with van der Waals surface area (Å²) in [5.74, 6) is 0.974. The third-order valence-corrected chi connectivity index (χ3v) is 3.85. The van der Waals surface area contributed by atoms with Gasteiger partial charge in [0.1, 0.15) is 11.4 Å². The first-order valence-electron chi connectivity index (χ1n) is 8.59. The number of hydrazone groups is 1. The number of aromatic amines is 1. The Hall–Kier alpha value is -3.81. The summed E-state index contributed by atoms with van der Waals surface area (Å²) in [7, 11) is 1.57. The zero-order valence-corrected chi connectivity index (χ0v) is 15.5. The fraction of sp³-hybridized carbons (Fsp3) is 0.150. The number of amides is 1.